The van der Waals surface area contributed by atoms with Crippen LogP contribution in [-0.4, -0.2) is 50.4 Å². The van der Waals surface area contributed by atoms with Gasteiger partial charge in [0, 0.05) is 38.4 Å². The average molecular weight is 360 g/mol. The second-order valence-electron chi connectivity index (χ2n) is 6.25. The molecule has 1 saturated heterocycles. The summed E-state index contributed by atoms with van der Waals surface area (Å²) >= 11 is 0. The fourth-order valence-corrected chi connectivity index (χ4v) is 3.27. The molecule has 0 bridgehead atoms. The number of nitrogens with one attached hydrogen (secondary N) is 1. The van der Waals surface area contributed by atoms with E-state index in [1.807, 2.05) is 0 Å². The number of benzene rings is 1. The van der Waals surface area contributed by atoms with Crippen molar-refractivity contribution in [3.63, 3.8) is 0 Å². The smallest absolute Gasteiger partial charge is 0.221 e. The van der Waals surface area contributed by atoms with E-state index in [-0.39, 0.29) is 24.1 Å². The zero-order valence-electron chi connectivity index (χ0n) is 13.6. The molecule has 24 heavy (non-hydrogen) atoms. The highest BCUT2D eigenvalue weighted by molar-refractivity contribution is 7.90. The summed E-state index contributed by atoms with van der Waals surface area (Å²) < 4.78 is 48.2. The molecule has 1 fully saturated rings. The van der Waals surface area contributed by atoms with Crippen LogP contribution in [0.4, 0.5) is 8.78 Å². The third-order valence-electron chi connectivity index (χ3n) is 4.04. The van der Waals surface area contributed by atoms with Crippen LogP contribution in [0.3, 0.4) is 0 Å². The lowest BCUT2D eigenvalue weighted by molar-refractivity contribution is -0.121. The van der Waals surface area contributed by atoms with E-state index in [4.69, 9.17) is 0 Å². The summed E-state index contributed by atoms with van der Waals surface area (Å²) in [6.45, 7) is 2.00. The zero-order chi connectivity index (χ0) is 17.7. The minimum Gasteiger partial charge on any atom is -0.353 e. The first-order chi connectivity index (χ1) is 11.2. The Morgan fingerprint density at radius 2 is 1.92 bits per heavy atom. The predicted octanol–water partition coefficient (Wildman–Crippen LogP) is 1.48. The number of hydrogen-bond donors (Lipinski definition) is 1. The summed E-state index contributed by atoms with van der Waals surface area (Å²) in [7, 11) is -3.14. The van der Waals surface area contributed by atoms with Crippen LogP contribution < -0.4 is 5.32 Å². The van der Waals surface area contributed by atoms with E-state index in [0.717, 1.165) is 38.3 Å². The van der Waals surface area contributed by atoms with Crippen molar-refractivity contribution in [3.05, 3.63) is 35.4 Å². The summed E-state index contributed by atoms with van der Waals surface area (Å²) in [6.07, 6.45) is 2.58. The molecule has 8 heteroatoms. The van der Waals surface area contributed by atoms with Crippen LogP contribution in [0.5, 0.6) is 0 Å². The fourth-order valence-electron chi connectivity index (χ4n) is 2.71. The number of piperidine rings is 1. The van der Waals surface area contributed by atoms with Crippen LogP contribution in [0.25, 0.3) is 0 Å². The maximum absolute atomic E-state index is 13.2. The molecule has 1 aliphatic heterocycles. The summed E-state index contributed by atoms with van der Waals surface area (Å²) in [4.78, 5) is 13.9. The molecular weight excluding hydrogens is 338 g/mol. The molecule has 0 aromatic heterocycles. The Hall–Kier alpha value is -1.54. The number of rotatable bonds is 6. The van der Waals surface area contributed by atoms with Crippen LogP contribution >= 0.6 is 0 Å². The number of amides is 1. The molecule has 0 radical (unpaired) electrons. The first-order valence-electron chi connectivity index (χ1n) is 7.86. The molecule has 0 atom stereocenters. The first-order valence-corrected chi connectivity index (χ1v) is 9.92. The minimum atomic E-state index is -3.14. The monoisotopic (exact) mass is 360 g/mol. The Kier molecular flexibility index (Phi) is 6.28. The molecule has 0 spiro atoms. The third-order valence-corrected chi connectivity index (χ3v) is 4.99. The van der Waals surface area contributed by atoms with Gasteiger partial charge in [0.2, 0.25) is 5.91 Å². The van der Waals surface area contributed by atoms with Gasteiger partial charge in [-0.05, 0) is 30.5 Å². The molecule has 0 saturated carbocycles. The first kappa shape index (κ1) is 18.8. The van der Waals surface area contributed by atoms with Gasteiger partial charge in [-0.2, -0.15) is 0 Å². The number of carbonyl (C=O) groups excluding carboxylic acids is 1. The number of sulfone groups is 1. The van der Waals surface area contributed by atoms with Gasteiger partial charge in [-0.3, -0.25) is 9.69 Å². The molecule has 1 heterocycles. The van der Waals surface area contributed by atoms with E-state index >= 15 is 0 Å². The average Bonchev–Trinajstić information content (AvgIpc) is 2.50. The SMILES string of the molecule is CS(=O)(=O)CCC(=O)NC1CCN(Cc2ccc(F)c(F)c2)CC1. The van der Waals surface area contributed by atoms with E-state index in [9.17, 15) is 22.0 Å². The standard InChI is InChI=1S/C16H22F2N2O3S/c1-24(22,23)9-6-16(21)19-13-4-7-20(8-5-13)11-12-2-3-14(17)15(18)10-12/h2-3,10,13H,4-9,11H2,1H3,(H,19,21). The zero-order valence-corrected chi connectivity index (χ0v) is 14.4. The van der Waals surface area contributed by atoms with E-state index in [1.165, 1.54) is 6.07 Å². The van der Waals surface area contributed by atoms with Crippen LogP contribution in [0.1, 0.15) is 24.8 Å². The van der Waals surface area contributed by atoms with Crippen molar-refractivity contribution in [2.24, 2.45) is 0 Å². The molecule has 5 nitrogen and oxygen atoms in total. The van der Waals surface area contributed by atoms with Crippen molar-refractivity contribution in [3.8, 4) is 0 Å². The number of hydrogen-bond acceptors (Lipinski definition) is 4. The van der Waals surface area contributed by atoms with Crippen molar-refractivity contribution >= 4 is 15.7 Å². The number of carbonyl (C=O) groups is 1. The Balaban J connectivity index is 1.75. The van der Waals surface area contributed by atoms with Crippen LogP contribution in [0.2, 0.25) is 0 Å². The quantitative estimate of drug-likeness (QED) is 0.835. The van der Waals surface area contributed by atoms with Crippen molar-refractivity contribution in [1.29, 1.82) is 0 Å². The summed E-state index contributed by atoms with van der Waals surface area (Å²) in [5.74, 6) is -2.09. The van der Waals surface area contributed by atoms with Gasteiger partial charge < -0.3 is 5.32 Å². The molecule has 2 rings (SSSR count). The van der Waals surface area contributed by atoms with E-state index in [2.05, 4.69) is 10.2 Å². The normalized spacial score (nSPS) is 17.0. The highest BCUT2D eigenvalue weighted by Crippen LogP contribution is 2.16. The molecule has 0 unspecified atom stereocenters. The fraction of sp³-hybridized carbons (Fsp3) is 0.562. The largest absolute Gasteiger partial charge is 0.353 e. The van der Waals surface area contributed by atoms with Crippen molar-refractivity contribution in [1.82, 2.24) is 10.2 Å². The van der Waals surface area contributed by atoms with E-state index in [1.54, 1.807) is 6.07 Å². The van der Waals surface area contributed by atoms with Crippen molar-refractivity contribution < 1.29 is 22.0 Å². The lowest BCUT2D eigenvalue weighted by Crippen LogP contribution is -2.44. The van der Waals surface area contributed by atoms with E-state index < -0.39 is 21.5 Å². The second kappa shape index (κ2) is 8.02. The van der Waals surface area contributed by atoms with E-state index in [0.29, 0.717) is 12.1 Å². The van der Waals surface area contributed by atoms with Gasteiger partial charge in [0.25, 0.3) is 0 Å². The van der Waals surface area contributed by atoms with Gasteiger partial charge >= 0.3 is 0 Å². The Labute approximate surface area is 141 Å². The van der Waals surface area contributed by atoms with Gasteiger partial charge in [-0.25, -0.2) is 17.2 Å². The number of nitrogens with zero attached hydrogens (tertiary/aromatic N) is 1. The molecule has 1 aliphatic rings. The topological polar surface area (TPSA) is 66.5 Å². The maximum Gasteiger partial charge on any atom is 0.221 e. The number of halogens is 2. The van der Waals surface area contributed by atoms with Crippen LogP contribution in [-0.2, 0) is 21.2 Å². The summed E-state index contributed by atoms with van der Waals surface area (Å²) in [6, 6.07) is 3.92. The second-order valence-corrected chi connectivity index (χ2v) is 8.51. The lowest BCUT2D eigenvalue weighted by atomic mass is 10.0. The molecule has 1 N–H and O–H groups in total. The van der Waals surface area contributed by atoms with Gasteiger partial charge in [-0.1, -0.05) is 6.07 Å². The Bertz CT molecular complexity index is 687. The van der Waals surface area contributed by atoms with Gasteiger partial charge in [0.15, 0.2) is 11.6 Å². The highest BCUT2D eigenvalue weighted by atomic mass is 32.2. The van der Waals surface area contributed by atoms with Crippen molar-refractivity contribution in [2.75, 3.05) is 25.1 Å². The predicted molar refractivity (Wildman–Crippen MR) is 87.1 cm³/mol. The van der Waals surface area contributed by atoms with Crippen LogP contribution in [0.15, 0.2) is 18.2 Å². The number of likely N-dealkylation sites (tertiary alicyclic amines) is 1. The molecule has 0 aliphatic carbocycles. The Morgan fingerprint density at radius 3 is 2.50 bits per heavy atom. The summed E-state index contributed by atoms with van der Waals surface area (Å²) in [5, 5.41) is 2.85. The molecule has 134 valence electrons. The van der Waals surface area contributed by atoms with Crippen molar-refractivity contribution in [2.45, 2.75) is 31.8 Å². The van der Waals surface area contributed by atoms with Gasteiger partial charge in [0.05, 0.1) is 5.75 Å². The van der Waals surface area contributed by atoms with Gasteiger partial charge in [0.1, 0.15) is 9.84 Å². The Morgan fingerprint density at radius 1 is 1.25 bits per heavy atom. The molecule has 1 amide bonds. The third kappa shape index (κ3) is 6.16. The molecule has 1 aromatic rings. The highest BCUT2D eigenvalue weighted by Gasteiger charge is 2.21. The summed E-state index contributed by atoms with van der Waals surface area (Å²) in [5.41, 5.74) is 0.713. The minimum absolute atomic E-state index is 0.0199. The molecule has 1 aromatic carbocycles. The molecular formula is C16H22F2N2O3S. The van der Waals surface area contributed by atoms with Crippen LogP contribution in [0, 0.1) is 11.6 Å². The lowest BCUT2D eigenvalue weighted by Gasteiger charge is -2.32. The maximum atomic E-state index is 13.2. The van der Waals surface area contributed by atoms with Gasteiger partial charge in [-0.15, -0.1) is 0 Å².